The van der Waals surface area contributed by atoms with E-state index in [0.29, 0.717) is 12.3 Å². The quantitative estimate of drug-likeness (QED) is 0.932. The van der Waals surface area contributed by atoms with Crippen LogP contribution in [0, 0.1) is 6.92 Å². The summed E-state index contributed by atoms with van der Waals surface area (Å²) in [5.41, 5.74) is 5.62. The van der Waals surface area contributed by atoms with Crippen LogP contribution in [-0.2, 0) is 4.79 Å². The first-order chi connectivity index (χ1) is 12.2. The van der Waals surface area contributed by atoms with Gasteiger partial charge in [0.15, 0.2) is 0 Å². The zero-order valence-corrected chi connectivity index (χ0v) is 14.7. The third-order valence-electron chi connectivity index (χ3n) is 5.32. The lowest BCUT2D eigenvalue weighted by molar-refractivity contribution is -0.116. The van der Waals surface area contributed by atoms with Gasteiger partial charge >= 0.3 is 0 Å². The van der Waals surface area contributed by atoms with Gasteiger partial charge in [-0.25, -0.2) is 4.98 Å². The Hall–Kier alpha value is -2.56. The van der Waals surface area contributed by atoms with E-state index in [1.165, 1.54) is 29.7 Å². The van der Waals surface area contributed by atoms with Crippen LogP contribution in [0.1, 0.15) is 41.9 Å². The van der Waals surface area contributed by atoms with Crippen LogP contribution in [0.4, 0.5) is 11.4 Å². The number of methoxy groups -OCH3 is 1. The SMILES string of the molecule is COc1cc(C2CC(=O)Nc3c2ccc(N2CCCC2)c3C)ccn1. The molecular formula is C20H23N3O2. The Bertz CT molecular complexity index is 813. The van der Waals surface area contributed by atoms with Crippen LogP contribution in [-0.4, -0.2) is 31.1 Å². The zero-order valence-electron chi connectivity index (χ0n) is 14.7. The Labute approximate surface area is 148 Å². The van der Waals surface area contributed by atoms with Crippen molar-refractivity contribution in [1.82, 2.24) is 4.98 Å². The molecule has 130 valence electrons. The van der Waals surface area contributed by atoms with Crippen LogP contribution in [0.5, 0.6) is 5.88 Å². The summed E-state index contributed by atoms with van der Waals surface area (Å²) in [7, 11) is 1.61. The molecule has 1 unspecified atom stereocenters. The molecule has 2 aliphatic rings. The van der Waals surface area contributed by atoms with Crippen molar-refractivity contribution >= 4 is 17.3 Å². The highest BCUT2D eigenvalue weighted by Crippen LogP contribution is 2.42. The monoisotopic (exact) mass is 337 g/mol. The van der Waals surface area contributed by atoms with Crippen molar-refractivity contribution < 1.29 is 9.53 Å². The van der Waals surface area contributed by atoms with Crippen molar-refractivity contribution in [2.45, 2.75) is 32.1 Å². The van der Waals surface area contributed by atoms with Crippen molar-refractivity contribution in [3.05, 3.63) is 47.2 Å². The minimum Gasteiger partial charge on any atom is -0.481 e. The third kappa shape index (κ3) is 2.84. The summed E-state index contributed by atoms with van der Waals surface area (Å²) >= 11 is 0. The van der Waals surface area contributed by atoms with E-state index in [-0.39, 0.29) is 11.8 Å². The molecule has 3 heterocycles. The van der Waals surface area contributed by atoms with Crippen molar-refractivity contribution in [2.75, 3.05) is 30.4 Å². The molecule has 25 heavy (non-hydrogen) atoms. The highest BCUT2D eigenvalue weighted by atomic mass is 16.5. The number of nitrogens with zero attached hydrogens (tertiary/aromatic N) is 2. The topological polar surface area (TPSA) is 54.5 Å². The molecule has 2 aliphatic heterocycles. The van der Waals surface area contributed by atoms with Crippen LogP contribution in [0.25, 0.3) is 0 Å². The van der Waals surface area contributed by atoms with Gasteiger partial charge in [-0.2, -0.15) is 0 Å². The molecule has 0 aliphatic carbocycles. The first-order valence-corrected chi connectivity index (χ1v) is 8.85. The largest absolute Gasteiger partial charge is 0.481 e. The van der Waals surface area contributed by atoms with Crippen molar-refractivity contribution in [3.63, 3.8) is 0 Å². The van der Waals surface area contributed by atoms with E-state index in [2.05, 4.69) is 34.3 Å². The molecular weight excluding hydrogens is 314 g/mol. The van der Waals surface area contributed by atoms with E-state index >= 15 is 0 Å². The number of amides is 1. The van der Waals surface area contributed by atoms with Gasteiger partial charge in [-0.1, -0.05) is 6.07 Å². The van der Waals surface area contributed by atoms with E-state index in [9.17, 15) is 4.79 Å². The first kappa shape index (κ1) is 15.9. The molecule has 1 atom stereocenters. The molecule has 1 N–H and O–H groups in total. The standard InChI is InChI=1S/C20H23N3O2/c1-13-17(23-9-3-4-10-23)6-5-15-16(12-18(24)22-20(13)15)14-7-8-21-19(11-14)25-2/h5-8,11,16H,3-4,9-10,12H2,1-2H3,(H,22,24). The molecule has 1 amide bonds. The van der Waals surface area contributed by atoms with E-state index in [1.807, 2.05) is 12.1 Å². The van der Waals surface area contributed by atoms with Gasteiger partial charge in [0.1, 0.15) is 0 Å². The Morgan fingerprint density at radius 1 is 1.24 bits per heavy atom. The fourth-order valence-electron chi connectivity index (χ4n) is 4.01. The lowest BCUT2D eigenvalue weighted by atomic mass is 9.83. The number of rotatable bonds is 3. The number of pyridine rings is 1. The van der Waals surface area contributed by atoms with Gasteiger partial charge < -0.3 is 15.0 Å². The Morgan fingerprint density at radius 2 is 2.04 bits per heavy atom. The Morgan fingerprint density at radius 3 is 2.80 bits per heavy atom. The molecule has 0 bridgehead atoms. The zero-order chi connectivity index (χ0) is 17.4. The molecule has 0 radical (unpaired) electrons. The number of carbonyl (C=O) groups is 1. The van der Waals surface area contributed by atoms with Gasteiger partial charge in [-0.15, -0.1) is 0 Å². The van der Waals surface area contributed by atoms with Crippen LogP contribution in [0.2, 0.25) is 0 Å². The van der Waals surface area contributed by atoms with Crippen LogP contribution in [0.15, 0.2) is 30.5 Å². The smallest absolute Gasteiger partial charge is 0.225 e. The minimum absolute atomic E-state index is 0.0342. The maximum Gasteiger partial charge on any atom is 0.225 e. The van der Waals surface area contributed by atoms with Gasteiger partial charge in [0.2, 0.25) is 11.8 Å². The second-order valence-corrected chi connectivity index (χ2v) is 6.80. The second kappa shape index (κ2) is 6.39. The summed E-state index contributed by atoms with van der Waals surface area (Å²) in [6.45, 7) is 4.30. The van der Waals surface area contributed by atoms with Gasteiger partial charge in [0.05, 0.1) is 7.11 Å². The van der Waals surface area contributed by atoms with E-state index in [4.69, 9.17) is 4.74 Å². The van der Waals surface area contributed by atoms with Crippen LogP contribution >= 0.6 is 0 Å². The molecule has 1 saturated heterocycles. The molecule has 0 spiro atoms. The highest BCUT2D eigenvalue weighted by molar-refractivity contribution is 5.97. The number of nitrogens with one attached hydrogen (secondary N) is 1. The average molecular weight is 337 g/mol. The number of fused-ring (bicyclic) bond motifs is 1. The van der Waals surface area contributed by atoms with Gasteiger partial charge in [-0.05, 0) is 48.6 Å². The number of hydrogen-bond donors (Lipinski definition) is 1. The summed E-state index contributed by atoms with van der Waals surface area (Å²) in [5, 5.41) is 3.11. The van der Waals surface area contributed by atoms with Gasteiger partial charge in [0.25, 0.3) is 0 Å². The van der Waals surface area contributed by atoms with E-state index < -0.39 is 0 Å². The number of carbonyl (C=O) groups excluding carboxylic acids is 1. The molecule has 5 heteroatoms. The number of aromatic nitrogens is 1. The lowest BCUT2D eigenvalue weighted by Gasteiger charge is -2.30. The van der Waals surface area contributed by atoms with Crippen molar-refractivity contribution in [1.29, 1.82) is 0 Å². The van der Waals surface area contributed by atoms with E-state index in [1.54, 1.807) is 13.3 Å². The second-order valence-electron chi connectivity index (χ2n) is 6.80. The van der Waals surface area contributed by atoms with Crippen LogP contribution < -0.4 is 15.0 Å². The summed E-state index contributed by atoms with van der Waals surface area (Å²) in [6, 6.07) is 8.28. The molecule has 1 aromatic carbocycles. The molecule has 4 rings (SSSR count). The average Bonchev–Trinajstić information content (AvgIpc) is 3.16. The predicted octanol–water partition coefficient (Wildman–Crippen LogP) is 3.47. The summed E-state index contributed by atoms with van der Waals surface area (Å²) in [6.07, 6.45) is 4.67. The minimum atomic E-state index is 0.0342. The van der Waals surface area contributed by atoms with Crippen molar-refractivity contribution in [3.8, 4) is 5.88 Å². The summed E-state index contributed by atoms with van der Waals surface area (Å²) < 4.78 is 5.25. The fourth-order valence-corrected chi connectivity index (χ4v) is 4.01. The molecule has 1 aromatic heterocycles. The maximum atomic E-state index is 12.4. The van der Waals surface area contributed by atoms with E-state index in [0.717, 1.165) is 24.3 Å². The summed E-state index contributed by atoms with van der Waals surface area (Å²) in [4.78, 5) is 19.0. The number of anilines is 2. The van der Waals surface area contributed by atoms with Crippen LogP contribution in [0.3, 0.4) is 0 Å². The molecule has 1 fully saturated rings. The maximum absolute atomic E-state index is 12.4. The highest BCUT2D eigenvalue weighted by Gasteiger charge is 2.29. The fraction of sp³-hybridized carbons (Fsp3) is 0.400. The molecule has 5 nitrogen and oxygen atoms in total. The predicted molar refractivity (Wildman–Crippen MR) is 98.5 cm³/mol. The normalized spacial score (nSPS) is 19.5. The van der Waals surface area contributed by atoms with Gasteiger partial charge in [0, 0.05) is 49.1 Å². The lowest BCUT2D eigenvalue weighted by Crippen LogP contribution is -2.26. The number of hydrogen-bond acceptors (Lipinski definition) is 4. The third-order valence-corrected chi connectivity index (χ3v) is 5.32. The number of ether oxygens (including phenoxy) is 1. The van der Waals surface area contributed by atoms with Crippen molar-refractivity contribution in [2.24, 2.45) is 0 Å². The Balaban J connectivity index is 1.78. The molecule has 0 saturated carbocycles. The molecule has 2 aromatic rings. The summed E-state index contributed by atoms with van der Waals surface area (Å²) in [5.74, 6) is 0.678. The van der Waals surface area contributed by atoms with Gasteiger partial charge in [-0.3, -0.25) is 4.79 Å². The number of benzene rings is 1. The Kier molecular flexibility index (Phi) is 4.07. The first-order valence-electron chi connectivity index (χ1n) is 8.85.